The zero-order valence-corrected chi connectivity index (χ0v) is 9.57. The van der Waals surface area contributed by atoms with E-state index in [1.807, 2.05) is 6.07 Å². The lowest BCUT2D eigenvalue weighted by molar-refractivity contribution is -0.122. The van der Waals surface area contributed by atoms with Gasteiger partial charge in [-0.2, -0.15) is 0 Å². The molecule has 0 saturated carbocycles. The molecule has 5 nitrogen and oxygen atoms in total. The first-order chi connectivity index (χ1) is 8.08. The van der Waals surface area contributed by atoms with Crippen LogP contribution in [0.25, 0.3) is 0 Å². The Bertz CT molecular complexity index is 443. The highest BCUT2D eigenvalue weighted by Gasteiger charge is 2.19. The van der Waals surface area contributed by atoms with Crippen molar-refractivity contribution in [1.29, 1.82) is 5.41 Å². The van der Waals surface area contributed by atoms with E-state index in [0.29, 0.717) is 18.5 Å². The van der Waals surface area contributed by atoms with Crippen LogP contribution in [-0.4, -0.2) is 17.9 Å². The van der Waals surface area contributed by atoms with Crippen LogP contribution in [0.3, 0.4) is 0 Å². The lowest BCUT2D eigenvalue weighted by Gasteiger charge is -2.10. The maximum atomic E-state index is 11.7. The molecule has 4 N–H and O–H groups in total. The SMILES string of the molecule is CC(=N)C(C=O)C(=O)Nc1cccc(CN)c1. The van der Waals surface area contributed by atoms with Crippen LogP contribution in [0.15, 0.2) is 24.3 Å². The fourth-order valence-corrected chi connectivity index (χ4v) is 1.36. The lowest BCUT2D eigenvalue weighted by Crippen LogP contribution is -2.29. The standard InChI is InChI=1S/C12H15N3O2/c1-8(14)11(7-16)12(17)15-10-4-2-3-9(5-10)6-13/h2-5,7,11,14H,6,13H2,1H3,(H,15,17). The molecule has 0 aromatic heterocycles. The van der Waals surface area contributed by atoms with Gasteiger partial charge in [0.05, 0.1) is 0 Å². The zero-order chi connectivity index (χ0) is 12.8. The molecule has 1 amide bonds. The summed E-state index contributed by atoms with van der Waals surface area (Å²) in [5.41, 5.74) is 6.96. The van der Waals surface area contributed by atoms with Crippen LogP contribution in [0.1, 0.15) is 12.5 Å². The minimum atomic E-state index is -1.03. The smallest absolute Gasteiger partial charge is 0.240 e. The van der Waals surface area contributed by atoms with Crippen LogP contribution in [0.2, 0.25) is 0 Å². The van der Waals surface area contributed by atoms with Crippen LogP contribution in [0.4, 0.5) is 5.69 Å². The van der Waals surface area contributed by atoms with Crippen LogP contribution in [0.5, 0.6) is 0 Å². The molecule has 0 aliphatic heterocycles. The second kappa shape index (κ2) is 5.91. The highest BCUT2D eigenvalue weighted by Crippen LogP contribution is 2.11. The number of anilines is 1. The molecule has 1 aromatic carbocycles. The second-order valence-corrected chi connectivity index (χ2v) is 3.69. The first kappa shape index (κ1) is 13.1. The Morgan fingerprint density at radius 2 is 2.29 bits per heavy atom. The van der Waals surface area contributed by atoms with Crippen molar-refractivity contribution in [3.8, 4) is 0 Å². The first-order valence-corrected chi connectivity index (χ1v) is 5.18. The minimum absolute atomic E-state index is 0.0208. The van der Waals surface area contributed by atoms with Crippen molar-refractivity contribution < 1.29 is 9.59 Å². The number of aldehydes is 1. The van der Waals surface area contributed by atoms with E-state index in [1.165, 1.54) is 6.92 Å². The molecule has 0 fully saturated rings. The Kier molecular flexibility index (Phi) is 4.54. The molecule has 1 atom stereocenters. The summed E-state index contributed by atoms with van der Waals surface area (Å²) in [6.07, 6.45) is 0.463. The number of benzene rings is 1. The van der Waals surface area contributed by atoms with Crippen molar-refractivity contribution in [2.75, 3.05) is 5.32 Å². The third-order valence-electron chi connectivity index (χ3n) is 2.32. The van der Waals surface area contributed by atoms with Gasteiger partial charge in [0.1, 0.15) is 12.2 Å². The molecule has 0 radical (unpaired) electrons. The van der Waals surface area contributed by atoms with E-state index in [9.17, 15) is 9.59 Å². The summed E-state index contributed by atoms with van der Waals surface area (Å²) in [7, 11) is 0. The van der Waals surface area contributed by atoms with E-state index in [0.717, 1.165) is 5.56 Å². The number of carbonyl (C=O) groups excluding carboxylic acids is 2. The topological polar surface area (TPSA) is 96.0 Å². The number of carbonyl (C=O) groups is 2. The van der Waals surface area contributed by atoms with Gasteiger partial charge >= 0.3 is 0 Å². The average molecular weight is 233 g/mol. The van der Waals surface area contributed by atoms with Gasteiger partial charge in [0.25, 0.3) is 0 Å². The minimum Gasteiger partial charge on any atom is -0.326 e. The van der Waals surface area contributed by atoms with Crippen LogP contribution < -0.4 is 11.1 Å². The van der Waals surface area contributed by atoms with E-state index >= 15 is 0 Å². The molecule has 0 spiro atoms. The number of rotatable bonds is 5. The van der Waals surface area contributed by atoms with Gasteiger partial charge in [-0.15, -0.1) is 0 Å². The Balaban J connectivity index is 2.79. The van der Waals surface area contributed by atoms with Gasteiger partial charge in [-0.3, -0.25) is 4.79 Å². The molecule has 0 aliphatic rings. The van der Waals surface area contributed by atoms with Crippen molar-refractivity contribution in [3.05, 3.63) is 29.8 Å². The fraction of sp³-hybridized carbons (Fsp3) is 0.250. The quantitative estimate of drug-likeness (QED) is 0.401. The van der Waals surface area contributed by atoms with Crippen molar-refractivity contribution in [1.82, 2.24) is 0 Å². The monoisotopic (exact) mass is 233 g/mol. The van der Waals surface area contributed by atoms with E-state index in [2.05, 4.69) is 5.32 Å². The molecule has 17 heavy (non-hydrogen) atoms. The van der Waals surface area contributed by atoms with Gasteiger partial charge in [-0.05, 0) is 24.6 Å². The molecule has 0 aliphatic carbocycles. The maximum Gasteiger partial charge on any atom is 0.240 e. The molecule has 1 aromatic rings. The van der Waals surface area contributed by atoms with Gasteiger partial charge in [0, 0.05) is 17.9 Å². The van der Waals surface area contributed by atoms with Crippen molar-refractivity contribution in [2.24, 2.45) is 11.7 Å². The summed E-state index contributed by atoms with van der Waals surface area (Å²) >= 11 is 0. The van der Waals surface area contributed by atoms with Gasteiger partial charge in [-0.1, -0.05) is 12.1 Å². The Labute approximate surface area is 99.5 Å². The third kappa shape index (κ3) is 3.49. The summed E-state index contributed by atoms with van der Waals surface area (Å²) < 4.78 is 0. The van der Waals surface area contributed by atoms with E-state index < -0.39 is 11.8 Å². The number of hydrogen-bond acceptors (Lipinski definition) is 4. The summed E-state index contributed by atoms with van der Waals surface area (Å²) in [6, 6.07) is 7.05. The predicted molar refractivity (Wildman–Crippen MR) is 65.9 cm³/mol. The van der Waals surface area contributed by atoms with E-state index in [1.54, 1.807) is 18.2 Å². The molecule has 5 heteroatoms. The van der Waals surface area contributed by atoms with Gasteiger partial charge in [-0.25, -0.2) is 0 Å². The van der Waals surface area contributed by atoms with Crippen LogP contribution >= 0.6 is 0 Å². The molecule has 0 heterocycles. The number of nitrogens with two attached hydrogens (primary N) is 1. The highest BCUT2D eigenvalue weighted by atomic mass is 16.2. The summed E-state index contributed by atoms with van der Waals surface area (Å²) in [6.45, 7) is 1.80. The summed E-state index contributed by atoms with van der Waals surface area (Å²) in [4.78, 5) is 22.3. The Morgan fingerprint density at radius 1 is 1.59 bits per heavy atom. The number of amides is 1. The number of nitrogens with one attached hydrogen (secondary N) is 2. The molecule has 1 unspecified atom stereocenters. The Hall–Kier alpha value is -2.01. The second-order valence-electron chi connectivity index (χ2n) is 3.69. The average Bonchev–Trinajstić information content (AvgIpc) is 2.29. The van der Waals surface area contributed by atoms with Gasteiger partial charge < -0.3 is 21.3 Å². The third-order valence-corrected chi connectivity index (χ3v) is 2.32. The molecule has 1 rings (SSSR count). The van der Waals surface area contributed by atoms with E-state index in [4.69, 9.17) is 11.1 Å². The molecular formula is C12H15N3O2. The van der Waals surface area contributed by atoms with Gasteiger partial charge in [0.2, 0.25) is 5.91 Å². The van der Waals surface area contributed by atoms with Gasteiger partial charge in [0.15, 0.2) is 0 Å². The van der Waals surface area contributed by atoms with Crippen molar-refractivity contribution in [2.45, 2.75) is 13.5 Å². The maximum absolute atomic E-state index is 11.7. The number of hydrogen-bond donors (Lipinski definition) is 3. The zero-order valence-electron chi connectivity index (χ0n) is 9.57. The normalized spacial score (nSPS) is 11.6. The molecular weight excluding hydrogens is 218 g/mol. The predicted octanol–water partition coefficient (Wildman–Crippen LogP) is 0.939. The highest BCUT2D eigenvalue weighted by molar-refractivity contribution is 6.16. The lowest BCUT2D eigenvalue weighted by atomic mass is 10.1. The summed E-state index contributed by atoms with van der Waals surface area (Å²) in [5, 5.41) is 9.90. The van der Waals surface area contributed by atoms with E-state index in [-0.39, 0.29) is 5.71 Å². The van der Waals surface area contributed by atoms with Crippen LogP contribution in [-0.2, 0) is 16.1 Å². The van der Waals surface area contributed by atoms with Crippen LogP contribution in [0, 0.1) is 11.3 Å². The fourth-order valence-electron chi connectivity index (χ4n) is 1.36. The largest absolute Gasteiger partial charge is 0.326 e. The van der Waals surface area contributed by atoms with Crippen molar-refractivity contribution in [3.63, 3.8) is 0 Å². The van der Waals surface area contributed by atoms with Crippen molar-refractivity contribution >= 4 is 23.6 Å². The summed E-state index contributed by atoms with van der Waals surface area (Å²) in [5.74, 6) is -1.53. The first-order valence-electron chi connectivity index (χ1n) is 5.18. The Morgan fingerprint density at radius 3 is 2.82 bits per heavy atom. The molecule has 90 valence electrons. The molecule has 0 bridgehead atoms. The molecule has 0 saturated heterocycles.